The van der Waals surface area contributed by atoms with Gasteiger partial charge in [-0.05, 0) is 72.1 Å². The predicted molar refractivity (Wildman–Crippen MR) is 122 cm³/mol. The third-order valence-corrected chi connectivity index (χ3v) is 6.26. The molecule has 3 aromatic rings. The number of halogens is 1. The predicted octanol–water partition coefficient (Wildman–Crippen LogP) is 5.09. The van der Waals surface area contributed by atoms with Gasteiger partial charge in [-0.1, -0.05) is 54.6 Å². The van der Waals surface area contributed by atoms with Crippen LogP contribution in [0.4, 0.5) is 4.39 Å². The summed E-state index contributed by atoms with van der Waals surface area (Å²) in [7, 11) is 0. The number of hydrogen-bond acceptors (Lipinski definition) is 2. The Kier molecular flexibility index (Phi) is 6.78. The van der Waals surface area contributed by atoms with Crippen LogP contribution in [0.1, 0.15) is 51.4 Å². The molecule has 1 aliphatic heterocycles. The first kappa shape index (κ1) is 21.3. The normalized spacial score (nSPS) is 14.6. The van der Waals surface area contributed by atoms with E-state index in [2.05, 4.69) is 24.3 Å². The lowest BCUT2D eigenvalue weighted by Crippen LogP contribution is -2.38. The van der Waals surface area contributed by atoms with Crippen LogP contribution < -0.4 is 5.73 Å². The van der Waals surface area contributed by atoms with Crippen molar-refractivity contribution in [3.8, 4) is 0 Å². The number of nitrogens with two attached hydrogens (primary N) is 1. The molecule has 0 atom stereocenters. The number of rotatable bonds is 6. The van der Waals surface area contributed by atoms with Crippen LogP contribution in [0.2, 0.25) is 0 Å². The van der Waals surface area contributed by atoms with Crippen molar-refractivity contribution < 1.29 is 9.18 Å². The molecule has 4 heteroatoms. The molecule has 0 aromatic heterocycles. The fraction of sp³-hybridized carbons (Fsp3) is 0.296. The minimum absolute atomic E-state index is 0.0851. The highest BCUT2D eigenvalue weighted by Gasteiger charge is 2.24. The summed E-state index contributed by atoms with van der Waals surface area (Å²) in [4.78, 5) is 15.0. The molecule has 1 saturated heterocycles. The van der Waals surface area contributed by atoms with Crippen LogP contribution in [0.3, 0.4) is 0 Å². The van der Waals surface area contributed by atoms with Crippen molar-refractivity contribution >= 4 is 5.91 Å². The zero-order chi connectivity index (χ0) is 21.6. The standard InChI is InChI=1S/C27H29FN2O/c28-26-10-2-1-7-23(26)12-11-20-5-3-9-25(17-20)27(31)30-15-13-22(14-16-30)24-8-4-6-21(18-24)19-29/h1-10,17-18,22H,11-16,19,29H2. The Morgan fingerprint density at radius 1 is 0.903 bits per heavy atom. The lowest BCUT2D eigenvalue weighted by atomic mass is 9.88. The van der Waals surface area contributed by atoms with Gasteiger partial charge in [-0.15, -0.1) is 0 Å². The third-order valence-electron chi connectivity index (χ3n) is 6.26. The van der Waals surface area contributed by atoms with Crippen molar-refractivity contribution in [2.24, 2.45) is 5.73 Å². The Labute approximate surface area is 183 Å². The van der Waals surface area contributed by atoms with E-state index in [9.17, 15) is 9.18 Å². The van der Waals surface area contributed by atoms with Gasteiger partial charge in [0, 0.05) is 25.2 Å². The van der Waals surface area contributed by atoms with E-state index in [4.69, 9.17) is 5.73 Å². The quantitative estimate of drug-likeness (QED) is 0.608. The number of piperidine rings is 1. The van der Waals surface area contributed by atoms with Crippen molar-refractivity contribution in [2.45, 2.75) is 38.1 Å². The molecule has 1 fully saturated rings. The molecule has 4 rings (SSSR count). The van der Waals surface area contributed by atoms with Crippen molar-refractivity contribution in [2.75, 3.05) is 13.1 Å². The highest BCUT2D eigenvalue weighted by Crippen LogP contribution is 2.29. The molecule has 0 unspecified atom stereocenters. The van der Waals surface area contributed by atoms with E-state index in [0.29, 0.717) is 30.9 Å². The van der Waals surface area contributed by atoms with Crippen molar-refractivity contribution in [3.05, 3.63) is 106 Å². The first-order valence-electron chi connectivity index (χ1n) is 11.0. The molecule has 160 valence electrons. The number of carbonyl (C=O) groups excluding carboxylic acids is 1. The van der Waals surface area contributed by atoms with Gasteiger partial charge in [-0.2, -0.15) is 0 Å². The summed E-state index contributed by atoms with van der Waals surface area (Å²) < 4.78 is 13.9. The number of likely N-dealkylation sites (tertiary alicyclic amines) is 1. The van der Waals surface area contributed by atoms with Gasteiger partial charge < -0.3 is 10.6 Å². The maximum Gasteiger partial charge on any atom is 0.253 e. The van der Waals surface area contributed by atoms with Gasteiger partial charge >= 0.3 is 0 Å². The number of benzene rings is 3. The van der Waals surface area contributed by atoms with Crippen LogP contribution in [-0.2, 0) is 19.4 Å². The molecule has 0 saturated carbocycles. The summed E-state index contributed by atoms with van der Waals surface area (Å²) in [5, 5.41) is 0. The van der Waals surface area contributed by atoms with Crippen molar-refractivity contribution in [3.63, 3.8) is 0 Å². The van der Waals surface area contributed by atoms with Gasteiger partial charge in [-0.25, -0.2) is 4.39 Å². The molecule has 3 nitrogen and oxygen atoms in total. The highest BCUT2D eigenvalue weighted by atomic mass is 19.1. The zero-order valence-corrected chi connectivity index (χ0v) is 17.8. The number of amides is 1. The van der Waals surface area contributed by atoms with Crippen LogP contribution in [0.25, 0.3) is 0 Å². The Morgan fingerprint density at radius 3 is 2.42 bits per heavy atom. The van der Waals surface area contributed by atoms with Crippen LogP contribution in [0.15, 0.2) is 72.8 Å². The first-order valence-corrected chi connectivity index (χ1v) is 11.0. The highest BCUT2D eigenvalue weighted by molar-refractivity contribution is 5.94. The van der Waals surface area contributed by atoms with Crippen molar-refractivity contribution in [1.29, 1.82) is 0 Å². The van der Waals surface area contributed by atoms with Gasteiger partial charge in [-0.3, -0.25) is 4.79 Å². The molecule has 1 amide bonds. The zero-order valence-electron chi connectivity index (χ0n) is 17.8. The lowest BCUT2D eigenvalue weighted by molar-refractivity contribution is 0.0713. The molecule has 1 heterocycles. The maximum atomic E-state index is 13.9. The number of nitrogens with zero attached hydrogens (tertiary/aromatic N) is 1. The lowest BCUT2D eigenvalue weighted by Gasteiger charge is -2.32. The smallest absolute Gasteiger partial charge is 0.253 e. The van der Waals surface area contributed by atoms with Crippen molar-refractivity contribution in [1.82, 2.24) is 4.90 Å². The summed E-state index contributed by atoms with van der Waals surface area (Å²) in [5.74, 6) is 0.388. The van der Waals surface area contributed by atoms with Crippen LogP contribution in [-0.4, -0.2) is 23.9 Å². The average molecular weight is 417 g/mol. The van der Waals surface area contributed by atoms with E-state index in [1.54, 1.807) is 6.07 Å². The largest absolute Gasteiger partial charge is 0.339 e. The topological polar surface area (TPSA) is 46.3 Å². The second-order valence-electron chi connectivity index (χ2n) is 8.31. The monoisotopic (exact) mass is 416 g/mol. The molecule has 3 aromatic carbocycles. The molecule has 0 aliphatic carbocycles. The Balaban J connectivity index is 1.36. The molecule has 2 N–H and O–H groups in total. The minimum Gasteiger partial charge on any atom is -0.339 e. The second kappa shape index (κ2) is 9.88. The van der Waals surface area contributed by atoms with Crippen LogP contribution >= 0.6 is 0 Å². The summed E-state index contributed by atoms with van der Waals surface area (Å²) in [6, 6.07) is 23.1. The molecular weight excluding hydrogens is 387 g/mol. The minimum atomic E-state index is -0.172. The van der Waals surface area contributed by atoms with Gasteiger partial charge in [0.05, 0.1) is 0 Å². The average Bonchev–Trinajstić information content (AvgIpc) is 2.83. The van der Waals surface area contributed by atoms with Crippen LogP contribution in [0.5, 0.6) is 0 Å². The fourth-order valence-electron chi connectivity index (χ4n) is 4.41. The Hall–Kier alpha value is -2.98. The summed E-state index contributed by atoms with van der Waals surface area (Å²) in [6.45, 7) is 2.07. The third kappa shape index (κ3) is 5.20. The molecule has 31 heavy (non-hydrogen) atoms. The van der Waals surface area contributed by atoms with Crippen LogP contribution in [0, 0.1) is 5.82 Å². The number of carbonyl (C=O) groups is 1. The van der Waals surface area contributed by atoms with Gasteiger partial charge in [0.2, 0.25) is 0 Å². The summed E-state index contributed by atoms with van der Waals surface area (Å²) in [5.41, 5.74) is 10.7. The molecule has 1 aliphatic rings. The van der Waals surface area contributed by atoms with E-state index in [0.717, 1.165) is 42.6 Å². The van der Waals surface area contributed by atoms with E-state index in [-0.39, 0.29) is 11.7 Å². The maximum absolute atomic E-state index is 13.9. The van der Waals surface area contributed by atoms with E-state index in [1.165, 1.54) is 11.6 Å². The number of hydrogen-bond donors (Lipinski definition) is 1. The SMILES string of the molecule is NCc1cccc(C2CCN(C(=O)c3cccc(CCc4ccccc4F)c3)CC2)c1. The molecule has 0 radical (unpaired) electrons. The van der Waals surface area contributed by atoms with Gasteiger partial charge in [0.1, 0.15) is 5.82 Å². The summed E-state index contributed by atoms with van der Waals surface area (Å²) >= 11 is 0. The van der Waals surface area contributed by atoms with Gasteiger partial charge in [0.15, 0.2) is 0 Å². The molecular formula is C27H29FN2O. The number of aryl methyl sites for hydroxylation is 2. The Morgan fingerprint density at radius 2 is 1.65 bits per heavy atom. The van der Waals surface area contributed by atoms with E-state index < -0.39 is 0 Å². The Bertz CT molecular complexity index is 1040. The second-order valence-corrected chi connectivity index (χ2v) is 8.31. The van der Waals surface area contributed by atoms with Gasteiger partial charge in [0.25, 0.3) is 5.91 Å². The fourth-order valence-corrected chi connectivity index (χ4v) is 4.41. The van der Waals surface area contributed by atoms with E-state index >= 15 is 0 Å². The first-order chi connectivity index (χ1) is 15.1. The molecule has 0 spiro atoms. The summed E-state index contributed by atoms with van der Waals surface area (Å²) in [6.07, 6.45) is 3.26. The van der Waals surface area contributed by atoms with E-state index in [1.807, 2.05) is 41.3 Å². The molecule has 0 bridgehead atoms.